The highest BCUT2D eigenvalue weighted by atomic mass is 16.6. The molecule has 2 aromatic carbocycles. The van der Waals surface area contributed by atoms with Gasteiger partial charge in [0.15, 0.2) is 5.71 Å². The second-order valence-corrected chi connectivity index (χ2v) is 6.92. The van der Waals surface area contributed by atoms with Crippen molar-refractivity contribution in [3.63, 3.8) is 0 Å². The molecule has 5 heteroatoms. The summed E-state index contributed by atoms with van der Waals surface area (Å²) in [4.78, 5) is 16.9. The average molecular weight is 354 g/mol. The van der Waals surface area contributed by atoms with Crippen molar-refractivity contribution in [1.29, 1.82) is 0 Å². The Morgan fingerprint density at radius 2 is 1.73 bits per heavy atom. The van der Waals surface area contributed by atoms with Crippen molar-refractivity contribution in [2.24, 2.45) is 5.16 Å². The van der Waals surface area contributed by atoms with Crippen LogP contribution in [-0.2, 0) is 21.7 Å². The van der Waals surface area contributed by atoms with Gasteiger partial charge in [-0.25, -0.2) is 0 Å². The van der Waals surface area contributed by atoms with Gasteiger partial charge in [-0.2, -0.15) is 0 Å². The number of hydrogen-bond acceptors (Lipinski definition) is 4. The number of likely N-dealkylation sites (N-methyl/N-ethyl adjacent to an activating group) is 1. The van der Waals surface area contributed by atoms with Crippen LogP contribution in [0, 0.1) is 0 Å². The molecule has 1 amide bonds. The van der Waals surface area contributed by atoms with E-state index in [4.69, 9.17) is 9.57 Å². The van der Waals surface area contributed by atoms with Gasteiger partial charge in [0.05, 0.1) is 0 Å². The van der Waals surface area contributed by atoms with Gasteiger partial charge in [-0.3, -0.25) is 4.79 Å². The highest BCUT2D eigenvalue weighted by Crippen LogP contribution is 2.25. The molecule has 2 aromatic rings. The van der Waals surface area contributed by atoms with Crippen LogP contribution in [0.3, 0.4) is 0 Å². The Balaban J connectivity index is 2.20. The SMILES string of the molecule is CNC(=O)C(=NOC)c1ccccc1COc1ccc(C(C)(C)C)cc1. The molecule has 1 N–H and O–H groups in total. The molecule has 0 aliphatic carbocycles. The normalized spacial score (nSPS) is 11.8. The van der Waals surface area contributed by atoms with Gasteiger partial charge in [0.1, 0.15) is 19.5 Å². The standard InChI is InChI=1S/C21H26N2O3/c1-21(2,3)16-10-12-17(13-11-16)26-14-15-8-6-7-9-18(15)19(23-25-5)20(24)22-4/h6-13H,14H2,1-5H3,(H,22,24). The van der Waals surface area contributed by atoms with Gasteiger partial charge in [-0.1, -0.05) is 62.3 Å². The Hall–Kier alpha value is -2.82. The average Bonchev–Trinajstić information content (AvgIpc) is 2.64. The number of nitrogens with zero attached hydrogens (tertiary/aromatic N) is 1. The van der Waals surface area contributed by atoms with Gasteiger partial charge in [0.2, 0.25) is 0 Å². The molecule has 26 heavy (non-hydrogen) atoms. The minimum atomic E-state index is -0.311. The molecule has 0 unspecified atom stereocenters. The first-order valence-electron chi connectivity index (χ1n) is 8.51. The number of oxime groups is 1. The Bertz CT molecular complexity index is 775. The van der Waals surface area contributed by atoms with Crippen LogP contribution in [0.4, 0.5) is 0 Å². The maximum absolute atomic E-state index is 12.1. The van der Waals surface area contributed by atoms with E-state index in [2.05, 4.69) is 43.4 Å². The number of nitrogens with one attached hydrogen (secondary N) is 1. The fourth-order valence-corrected chi connectivity index (χ4v) is 2.51. The summed E-state index contributed by atoms with van der Waals surface area (Å²) in [6.07, 6.45) is 0. The third kappa shape index (κ3) is 4.85. The molecule has 0 fully saturated rings. The zero-order chi connectivity index (χ0) is 19.2. The lowest BCUT2D eigenvalue weighted by Crippen LogP contribution is -2.29. The van der Waals surface area contributed by atoms with E-state index in [1.165, 1.54) is 12.7 Å². The monoisotopic (exact) mass is 354 g/mol. The lowest BCUT2D eigenvalue weighted by atomic mass is 9.87. The summed E-state index contributed by atoms with van der Waals surface area (Å²) in [5, 5.41) is 6.45. The van der Waals surface area contributed by atoms with E-state index in [1.54, 1.807) is 7.05 Å². The fraction of sp³-hybridized carbons (Fsp3) is 0.333. The van der Waals surface area contributed by atoms with Crippen LogP contribution in [0.2, 0.25) is 0 Å². The van der Waals surface area contributed by atoms with Gasteiger partial charge < -0.3 is 14.9 Å². The topological polar surface area (TPSA) is 59.9 Å². The summed E-state index contributed by atoms with van der Waals surface area (Å²) in [5.74, 6) is 0.465. The molecule has 0 aliphatic rings. The second-order valence-electron chi connectivity index (χ2n) is 6.92. The molecule has 0 bridgehead atoms. The molecule has 0 aliphatic heterocycles. The number of carbonyl (C=O) groups excluding carboxylic acids is 1. The Kier molecular flexibility index (Phi) is 6.39. The highest BCUT2D eigenvalue weighted by molar-refractivity contribution is 6.45. The second kappa shape index (κ2) is 8.52. The molecule has 5 nitrogen and oxygen atoms in total. The lowest BCUT2D eigenvalue weighted by Gasteiger charge is -2.19. The van der Waals surface area contributed by atoms with E-state index in [0.717, 1.165) is 11.3 Å². The summed E-state index contributed by atoms with van der Waals surface area (Å²) in [7, 11) is 2.97. The number of ether oxygens (including phenoxy) is 1. The molecule has 138 valence electrons. The molecular weight excluding hydrogens is 328 g/mol. The van der Waals surface area contributed by atoms with E-state index >= 15 is 0 Å². The molecule has 0 atom stereocenters. The van der Waals surface area contributed by atoms with Crippen LogP contribution in [0.1, 0.15) is 37.5 Å². The predicted octanol–water partition coefficient (Wildman–Crippen LogP) is 3.66. The first kappa shape index (κ1) is 19.5. The van der Waals surface area contributed by atoms with E-state index in [9.17, 15) is 4.79 Å². The fourth-order valence-electron chi connectivity index (χ4n) is 2.51. The largest absolute Gasteiger partial charge is 0.489 e. The molecule has 0 heterocycles. The van der Waals surface area contributed by atoms with Crippen molar-refractivity contribution in [1.82, 2.24) is 5.32 Å². The van der Waals surface area contributed by atoms with Crippen LogP contribution in [0.25, 0.3) is 0 Å². The third-order valence-electron chi connectivity index (χ3n) is 4.01. The first-order chi connectivity index (χ1) is 12.4. The smallest absolute Gasteiger partial charge is 0.273 e. The van der Waals surface area contributed by atoms with Gasteiger partial charge >= 0.3 is 0 Å². The first-order valence-corrected chi connectivity index (χ1v) is 8.51. The molecule has 0 radical (unpaired) electrons. The van der Waals surface area contributed by atoms with Crippen LogP contribution < -0.4 is 10.1 Å². The van der Waals surface area contributed by atoms with Crippen LogP contribution in [-0.4, -0.2) is 25.8 Å². The van der Waals surface area contributed by atoms with Gasteiger partial charge in [0.25, 0.3) is 5.91 Å². The summed E-state index contributed by atoms with van der Waals surface area (Å²) in [6, 6.07) is 15.6. The molecule has 0 saturated carbocycles. The molecular formula is C21H26N2O3. The number of benzene rings is 2. The lowest BCUT2D eigenvalue weighted by molar-refractivity contribution is -0.114. The summed E-state index contributed by atoms with van der Waals surface area (Å²) in [6.45, 7) is 6.85. The van der Waals surface area contributed by atoms with Crippen molar-refractivity contribution in [2.75, 3.05) is 14.2 Å². The highest BCUT2D eigenvalue weighted by Gasteiger charge is 2.17. The van der Waals surface area contributed by atoms with Crippen molar-refractivity contribution >= 4 is 11.6 Å². The Morgan fingerprint density at radius 1 is 1.08 bits per heavy atom. The van der Waals surface area contributed by atoms with E-state index < -0.39 is 0 Å². The summed E-state index contributed by atoms with van der Waals surface area (Å²) < 4.78 is 5.91. The number of amides is 1. The van der Waals surface area contributed by atoms with E-state index in [-0.39, 0.29) is 17.0 Å². The Morgan fingerprint density at radius 3 is 2.31 bits per heavy atom. The zero-order valence-electron chi connectivity index (χ0n) is 16.0. The quantitative estimate of drug-likeness (QED) is 0.636. The number of carbonyl (C=O) groups is 1. The minimum absolute atomic E-state index is 0.101. The van der Waals surface area contributed by atoms with Crippen LogP contribution >= 0.6 is 0 Å². The number of hydrogen-bond donors (Lipinski definition) is 1. The maximum atomic E-state index is 12.1. The van der Waals surface area contributed by atoms with Gasteiger partial charge in [-0.05, 0) is 28.7 Å². The van der Waals surface area contributed by atoms with E-state index in [1.807, 2.05) is 36.4 Å². The summed E-state index contributed by atoms with van der Waals surface area (Å²) >= 11 is 0. The third-order valence-corrected chi connectivity index (χ3v) is 4.01. The molecule has 2 rings (SSSR count). The number of rotatable bonds is 6. The zero-order valence-corrected chi connectivity index (χ0v) is 16.0. The summed E-state index contributed by atoms with van der Waals surface area (Å²) in [5.41, 5.74) is 3.10. The van der Waals surface area contributed by atoms with Crippen LogP contribution in [0.5, 0.6) is 5.75 Å². The Labute approximate surface area is 155 Å². The van der Waals surface area contributed by atoms with Gasteiger partial charge in [-0.15, -0.1) is 0 Å². The van der Waals surface area contributed by atoms with Crippen molar-refractivity contribution < 1.29 is 14.4 Å². The maximum Gasteiger partial charge on any atom is 0.273 e. The molecule has 0 saturated heterocycles. The van der Waals surface area contributed by atoms with Crippen LogP contribution in [0.15, 0.2) is 53.7 Å². The molecule has 0 aromatic heterocycles. The van der Waals surface area contributed by atoms with E-state index in [0.29, 0.717) is 12.2 Å². The van der Waals surface area contributed by atoms with Crippen molar-refractivity contribution in [2.45, 2.75) is 32.8 Å². The molecule has 0 spiro atoms. The predicted molar refractivity (Wildman–Crippen MR) is 104 cm³/mol. The van der Waals surface area contributed by atoms with Crippen molar-refractivity contribution in [3.05, 3.63) is 65.2 Å². The van der Waals surface area contributed by atoms with Gasteiger partial charge in [0, 0.05) is 12.6 Å². The van der Waals surface area contributed by atoms with Crippen molar-refractivity contribution in [3.8, 4) is 5.75 Å². The minimum Gasteiger partial charge on any atom is -0.489 e.